The summed E-state index contributed by atoms with van der Waals surface area (Å²) in [5, 5.41) is 3.34. The molecule has 0 radical (unpaired) electrons. The summed E-state index contributed by atoms with van der Waals surface area (Å²) in [6, 6.07) is 0. The number of ether oxygens (including phenoxy) is 2. The van der Waals surface area contributed by atoms with Crippen molar-refractivity contribution in [3.05, 3.63) is 0 Å². The van der Waals surface area contributed by atoms with Gasteiger partial charge in [0.1, 0.15) is 0 Å². The van der Waals surface area contributed by atoms with E-state index in [4.69, 9.17) is 9.47 Å². The molecule has 0 heterocycles. The van der Waals surface area contributed by atoms with Crippen LogP contribution in [0.5, 0.6) is 0 Å². The van der Waals surface area contributed by atoms with Gasteiger partial charge >= 0.3 is 0 Å². The van der Waals surface area contributed by atoms with Crippen molar-refractivity contribution >= 4 is 0 Å². The van der Waals surface area contributed by atoms with Gasteiger partial charge in [-0.1, -0.05) is 6.92 Å². The first-order valence-electron chi connectivity index (χ1n) is 6.05. The average Bonchev–Trinajstić information content (AvgIpc) is 2.22. The Morgan fingerprint density at radius 3 is 2.40 bits per heavy atom. The lowest BCUT2D eigenvalue weighted by atomic mass is 10.1. The van der Waals surface area contributed by atoms with E-state index >= 15 is 0 Å². The monoisotopic (exact) mass is 217 g/mol. The summed E-state index contributed by atoms with van der Waals surface area (Å²) in [6.07, 6.45) is 2.13. The molecule has 0 rings (SSSR count). The van der Waals surface area contributed by atoms with Crippen molar-refractivity contribution in [3.63, 3.8) is 0 Å². The Labute approximate surface area is 94.5 Å². The second kappa shape index (κ2) is 9.13. The van der Waals surface area contributed by atoms with Gasteiger partial charge in [0.2, 0.25) is 0 Å². The third-order valence-electron chi connectivity index (χ3n) is 2.47. The minimum Gasteiger partial charge on any atom is -0.382 e. The van der Waals surface area contributed by atoms with E-state index in [1.54, 1.807) is 0 Å². The van der Waals surface area contributed by atoms with Crippen LogP contribution in [0.2, 0.25) is 0 Å². The lowest BCUT2D eigenvalue weighted by Gasteiger charge is -2.23. The minimum atomic E-state index is 0.0208. The average molecular weight is 217 g/mol. The van der Waals surface area contributed by atoms with Crippen LogP contribution in [-0.4, -0.2) is 38.5 Å². The van der Waals surface area contributed by atoms with Crippen LogP contribution >= 0.6 is 0 Å². The number of hydrogen-bond acceptors (Lipinski definition) is 3. The first-order valence-corrected chi connectivity index (χ1v) is 6.05. The maximum atomic E-state index is 5.71. The standard InChI is InChI=1S/C12H27NO2/c1-5-12(3,4)15-11-9-13-8-7-10-14-6-2/h13H,5-11H2,1-4H3. The van der Waals surface area contributed by atoms with Crippen LogP contribution < -0.4 is 5.32 Å². The van der Waals surface area contributed by atoms with Crippen LogP contribution in [0.15, 0.2) is 0 Å². The van der Waals surface area contributed by atoms with Crippen LogP contribution in [0, 0.1) is 0 Å². The molecule has 0 aliphatic heterocycles. The van der Waals surface area contributed by atoms with Crippen molar-refractivity contribution in [2.24, 2.45) is 0 Å². The van der Waals surface area contributed by atoms with Gasteiger partial charge in [0.25, 0.3) is 0 Å². The van der Waals surface area contributed by atoms with Gasteiger partial charge in [0.15, 0.2) is 0 Å². The van der Waals surface area contributed by atoms with Gasteiger partial charge in [-0.2, -0.15) is 0 Å². The molecule has 0 aromatic carbocycles. The minimum absolute atomic E-state index is 0.0208. The van der Waals surface area contributed by atoms with Gasteiger partial charge in [-0.05, 0) is 40.2 Å². The van der Waals surface area contributed by atoms with E-state index in [2.05, 4.69) is 26.1 Å². The van der Waals surface area contributed by atoms with Crippen molar-refractivity contribution in [1.29, 1.82) is 0 Å². The van der Waals surface area contributed by atoms with E-state index in [0.29, 0.717) is 0 Å². The van der Waals surface area contributed by atoms with Crippen LogP contribution in [-0.2, 0) is 9.47 Å². The molecule has 3 nitrogen and oxygen atoms in total. The molecule has 1 N–H and O–H groups in total. The second-order valence-electron chi connectivity index (χ2n) is 4.26. The Morgan fingerprint density at radius 2 is 1.80 bits per heavy atom. The van der Waals surface area contributed by atoms with Crippen LogP contribution in [0.3, 0.4) is 0 Å². The third kappa shape index (κ3) is 10.2. The van der Waals surface area contributed by atoms with Crippen LogP contribution in [0.25, 0.3) is 0 Å². The molecule has 0 saturated carbocycles. The fourth-order valence-corrected chi connectivity index (χ4v) is 1.07. The molecule has 92 valence electrons. The molecule has 3 heteroatoms. The van der Waals surface area contributed by atoms with E-state index in [-0.39, 0.29) is 5.60 Å². The predicted molar refractivity (Wildman–Crippen MR) is 64.3 cm³/mol. The topological polar surface area (TPSA) is 30.5 Å². The summed E-state index contributed by atoms with van der Waals surface area (Å²) < 4.78 is 11.0. The number of rotatable bonds is 10. The molecule has 0 aliphatic carbocycles. The Bertz CT molecular complexity index is 138. The largest absolute Gasteiger partial charge is 0.382 e. The lowest BCUT2D eigenvalue weighted by molar-refractivity contribution is -0.0180. The fourth-order valence-electron chi connectivity index (χ4n) is 1.07. The maximum absolute atomic E-state index is 5.71. The van der Waals surface area contributed by atoms with Gasteiger partial charge < -0.3 is 14.8 Å². The van der Waals surface area contributed by atoms with Crippen molar-refractivity contribution in [1.82, 2.24) is 5.32 Å². The van der Waals surface area contributed by atoms with E-state index in [9.17, 15) is 0 Å². The quantitative estimate of drug-likeness (QED) is 0.569. The summed E-state index contributed by atoms with van der Waals surface area (Å²) in [5.41, 5.74) is 0.0208. The highest BCUT2D eigenvalue weighted by Crippen LogP contribution is 2.12. The zero-order chi connectivity index (χ0) is 11.6. The summed E-state index contributed by atoms with van der Waals surface area (Å²) in [4.78, 5) is 0. The van der Waals surface area contributed by atoms with Gasteiger partial charge in [0, 0.05) is 19.8 Å². The molecule has 0 bridgehead atoms. The van der Waals surface area contributed by atoms with Crippen molar-refractivity contribution < 1.29 is 9.47 Å². The summed E-state index contributed by atoms with van der Waals surface area (Å²) >= 11 is 0. The first-order chi connectivity index (χ1) is 7.12. The van der Waals surface area contributed by atoms with Gasteiger partial charge in [-0.25, -0.2) is 0 Å². The zero-order valence-corrected chi connectivity index (χ0v) is 10.8. The summed E-state index contributed by atoms with van der Waals surface area (Å²) in [6.45, 7) is 12.8. The highest BCUT2D eigenvalue weighted by Gasteiger charge is 2.13. The van der Waals surface area contributed by atoms with Crippen molar-refractivity contribution in [2.45, 2.75) is 46.1 Å². The normalized spacial score (nSPS) is 12.0. The van der Waals surface area contributed by atoms with Crippen molar-refractivity contribution in [2.75, 3.05) is 32.9 Å². The fraction of sp³-hybridized carbons (Fsp3) is 1.00. The molecule has 0 amide bonds. The van der Waals surface area contributed by atoms with Crippen LogP contribution in [0.4, 0.5) is 0 Å². The second-order valence-corrected chi connectivity index (χ2v) is 4.26. The molecule has 0 aliphatic rings. The Kier molecular flexibility index (Phi) is 9.06. The SMILES string of the molecule is CCOCCCNCCOC(C)(C)CC. The van der Waals surface area contributed by atoms with Gasteiger partial charge in [-0.3, -0.25) is 0 Å². The predicted octanol–water partition coefficient (Wildman–Crippen LogP) is 2.21. The van der Waals surface area contributed by atoms with E-state index in [1.807, 2.05) is 6.92 Å². The van der Waals surface area contributed by atoms with Gasteiger partial charge in [0.05, 0.1) is 12.2 Å². The third-order valence-corrected chi connectivity index (χ3v) is 2.47. The molecule has 0 fully saturated rings. The first kappa shape index (κ1) is 14.9. The molecule has 0 atom stereocenters. The smallest absolute Gasteiger partial charge is 0.0624 e. The lowest BCUT2D eigenvalue weighted by Crippen LogP contribution is -2.29. The summed E-state index contributed by atoms with van der Waals surface area (Å²) in [7, 11) is 0. The highest BCUT2D eigenvalue weighted by atomic mass is 16.5. The zero-order valence-electron chi connectivity index (χ0n) is 10.8. The van der Waals surface area contributed by atoms with E-state index < -0.39 is 0 Å². The van der Waals surface area contributed by atoms with E-state index in [1.165, 1.54) is 0 Å². The number of hydrogen-bond donors (Lipinski definition) is 1. The van der Waals surface area contributed by atoms with Gasteiger partial charge in [-0.15, -0.1) is 0 Å². The summed E-state index contributed by atoms with van der Waals surface area (Å²) in [5.74, 6) is 0. The highest BCUT2D eigenvalue weighted by molar-refractivity contribution is 4.65. The molecular formula is C12H27NO2. The molecular weight excluding hydrogens is 190 g/mol. The molecule has 0 saturated heterocycles. The Balaban J connectivity index is 3.11. The van der Waals surface area contributed by atoms with E-state index in [0.717, 1.165) is 45.8 Å². The Morgan fingerprint density at radius 1 is 1.07 bits per heavy atom. The molecule has 0 aromatic rings. The molecule has 0 spiro atoms. The maximum Gasteiger partial charge on any atom is 0.0624 e. The Hall–Kier alpha value is -0.120. The molecule has 0 aromatic heterocycles. The number of nitrogens with one attached hydrogen (secondary N) is 1. The molecule has 0 unspecified atom stereocenters. The van der Waals surface area contributed by atoms with Crippen molar-refractivity contribution in [3.8, 4) is 0 Å². The molecule has 15 heavy (non-hydrogen) atoms. The van der Waals surface area contributed by atoms with Crippen LogP contribution in [0.1, 0.15) is 40.5 Å².